The van der Waals surface area contributed by atoms with E-state index in [1.807, 2.05) is 0 Å². The van der Waals surface area contributed by atoms with Crippen molar-refractivity contribution >= 4 is 39.3 Å². The Kier molecular flexibility index (Phi) is 5.11. The number of carbonyl (C=O) groups excluding carboxylic acids is 1. The van der Waals surface area contributed by atoms with Crippen molar-refractivity contribution in [2.24, 2.45) is 0 Å². The van der Waals surface area contributed by atoms with Crippen molar-refractivity contribution in [1.82, 2.24) is 0 Å². The standard InChI is InChI=1S/C11H10BrClO4/c12-5-7(14)3-6-1-2-8(9(13)4-6)10(15)11(16)17/h1-2,4,10,15H,3,5H2,(H,16,17). The molecule has 0 fully saturated rings. The first-order valence-corrected chi connectivity index (χ1v) is 6.22. The van der Waals surface area contributed by atoms with Crippen molar-refractivity contribution in [1.29, 1.82) is 0 Å². The van der Waals surface area contributed by atoms with Gasteiger partial charge in [-0.1, -0.05) is 39.7 Å². The van der Waals surface area contributed by atoms with Gasteiger partial charge in [-0.25, -0.2) is 4.79 Å². The minimum atomic E-state index is -1.65. The molecule has 0 heterocycles. The molecule has 0 bridgehead atoms. The second-order valence-electron chi connectivity index (χ2n) is 3.45. The number of aliphatic carboxylic acids is 1. The molecule has 0 spiro atoms. The van der Waals surface area contributed by atoms with Crippen molar-refractivity contribution in [3.8, 4) is 0 Å². The van der Waals surface area contributed by atoms with Gasteiger partial charge in [-0.15, -0.1) is 0 Å². The van der Waals surface area contributed by atoms with Crippen LogP contribution in [-0.2, 0) is 16.0 Å². The van der Waals surface area contributed by atoms with E-state index in [1.54, 1.807) is 6.07 Å². The van der Waals surface area contributed by atoms with Crippen molar-refractivity contribution in [3.05, 3.63) is 34.3 Å². The number of aliphatic hydroxyl groups is 1. The summed E-state index contributed by atoms with van der Waals surface area (Å²) in [6, 6.07) is 4.48. The Morgan fingerprint density at radius 3 is 2.53 bits per heavy atom. The lowest BCUT2D eigenvalue weighted by molar-refractivity contribution is -0.147. The number of carboxylic acid groups (broad SMARTS) is 1. The van der Waals surface area contributed by atoms with Gasteiger partial charge in [0, 0.05) is 17.0 Å². The maximum atomic E-state index is 11.2. The number of carboxylic acids is 1. The highest BCUT2D eigenvalue weighted by Crippen LogP contribution is 2.24. The van der Waals surface area contributed by atoms with Gasteiger partial charge in [-0.05, 0) is 11.6 Å². The van der Waals surface area contributed by atoms with E-state index in [0.717, 1.165) is 0 Å². The summed E-state index contributed by atoms with van der Waals surface area (Å²) in [6.07, 6.45) is -1.43. The molecule has 1 unspecified atom stereocenters. The Labute approximate surface area is 111 Å². The molecule has 4 nitrogen and oxygen atoms in total. The van der Waals surface area contributed by atoms with Crippen LogP contribution in [0.25, 0.3) is 0 Å². The normalized spacial score (nSPS) is 12.2. The monoisotopic (exact) mass is 320 g/mol. The fourth-order valence-corrected chi connectivity index (χ4v) is 1.82. The van der Waals surface area contributed by atoms with Crippen LogP contribution in [-0.4, -0.2) is 27.3 Å². The lowest BCUT2D eigenvalue weighted by Gasteiger charge is -2.09. The fraction of sp³-hybridized carbons (Fsp3) is 0.273. The summed E-state index contributed by atoms with van der Waals surface area (Å²) in [5.41, 5.74) is 0.801. The van der Waals surface area contributed by atoms with Crippen LogP contribution in [0.5, 0.6) is 0 Å². The third-order valence-corrected chi connectivity index (χ3v) is 3.10. The topological polar surface area (TPSA) is 74.6 Å². The van der Waals surface area contributed by atoms with Gasteiger partial charge in [0.1, 0.15) is 5.78 Å². The van der Waals surface area contributed by atoms with E-state index in [2.05, 4.69) is 15.9 Å². The number of hydrogen-bond acceptors (Lipinski definition) is 3. The Bertz CT molecular complexity index is 447. The highest BCUT2D eigenvalue weighted by molar-refractivity contribution is 9.09. The molecule has 0 radical (unpaired) electrons. The van der Waals surface area contributed by atoms with E-state index in [0.29, 0.717) is 5.56 Å². The molecular formula is C11H10BrClO4. The molecule has 17 heavy (non-hydrogen) atoms. The summed E-state index contributed by atoms with van der Waals surface area (Å²) in [7, 11) is 0. The van der Waals surface area contributed by atoms with Crippen LogP contribution >= 0.6 is 27.5 Å². The summed E-state index contributed by atoms with van der Waals surface area (Å²) in [5, 5.41) is 18.4. The van der Waals surface area contributed by atoms with Crippen LogP contribution in [0.4, 0.5) is 0 Å². The molecule has 0 aliphatic heterocycles. The molecule has 0 saturated carbocycles. The lowest BCUT2D eigenvalue weighted by Crippen LogP contribution is -2.11. The average Bonchev–Trinajstić information content (AvgIpc) is 2.28. The maximum Gasteiger partial charge on any atom is 0.337 e. The first-order valence-electron chi connectivity index (χ1n) is 4.72. The zero-order valence-corrected chi connectivity index (χ0v) is 11.0. The molecule has 1 rings (SSSR count). The number of aliphatic hydroxyl groups excluding tert-OH is 1. The molecule has 0 amide bonds. The van der Waals surface area contributed by atoms with Crippen LogP contribution < -0.4 is 0 Å². The highest BCUT2D eigenvalue weighted by atomic mass is 79.9. The number of halogens is 2. The van der Waals surface area contributed by atoms with Gasteiger partial charge in [0.15, 0.2) is 6.10 Å². The van der Waals surface area contributed by atoms with Gasteiger partial charge < -0.3 is 10.2 Å². The highest BCUT2D eigenvalue weighted by Gasteiger charge is 2.19. The molecule has 2 N–H and O–H groups in total. The number of alkyl halides is 1. The molecule has 1 aromatic rings. The Hall–Kier alpha value is -0.910. The van der Waals surface area contributed by atoms with Gasteiger partial charge in [0.25, 0.3) is 0 Å². The molecule has 0 aliphatic rings. The second kappa shape index (κ2) is 6.14. The number of rotatable bonds is 5. The van der Waals surface area contributed by atoms with Crippen molar-refractivity contribution in [3.63, 3.8) is 0 Å². The van der Waals surface area contributed by atoms with Crippen LogP contribution in [0.1, 0.15) is 17.2 Å². The van der Waals surface area contributed by atoms with E-state index in [1.165, 1.54) is 12.1 Å². The molecule has 6 heteroatoms. The Morgan fingerprint density at radius 1 is 1.41 bits per heavy atom. The van der Waals surface area contributed by atoms with E-state index < -0.39 is 12.1 Å². The zero-order chi connectivity index (χ0) is 13.0. The van der Waals surface area contributed by atoms with Crippen molar-refractivity contribution in [2.75, 3.05) is 5.33 Å². The predicted molar refractivity (Wildman–Crippen MR) is 66.6 cm³/mol. The summed E-state index contributed by atoms with van der Waals surface area (Å²) >= 11 is 8.90. The second-order valence-corrected chi connectivity index (χ2v) is 4.41. The van der Waals surface area contributed by atoms with Gasteiger partial charge in [-0.2, -0.15) is 0 Å². The minimum Gasteiger partial charge on any atom is -0.479 e. The average molecular weight is 322 g/mol. The predicted octanol–water partition coefficient (Wildman–Crippen LogP) is 1.96. The van der Waals surface area contributed by atoms with Crippen LogP contribution in [0.15, 0.2) is 18.2 Å². The largest absolute Gasteiger partial charge is 0.479 e. The first kappa shape index (κ1) is 14.2. The van der Waals surface area contributed by atoms with Crippen molar-refractivity contribution < 1.29 is 19.8 Å². The third-order valence-electron chi connectivity index (χ3n) is 2.14. The molecule has 0 aromatic heterocycles. The SMILES string of the molecule is O=C(CBr)Cc1ccc(C(O)C(=O)O)c(Cl)c1. The van der Waals surface area contributed by atoms with E-state index in [4.69, 9.17) is 16.7 Å². The summed E-state index contributed by atoms with van der Waals surface area (Å²) in [6.45, 7) is 0. The minimum absolute atomic E-state index is 0.00685. The van der Waals surface area contributed by atoms with Crippen LogP contribution in [0.3, 0.4) is 0 Å². The third kappa shape index (κ3) is 3.80. The van der Waals surface area contributed by atoms with E-state index in [9.17, 15) is 14.7 Å². The van der Waals surface area contributed by atoms with Gasteiger partial charge >= 0.3 is 5.97 Å². The maximum absolute atomic E-state index is 11.2. The number of benzene rings is 1. The molecule has 0 saturated heterocycles. The molecule has 1 aromatic carbocycles. The van der Waals surface area contributed by atoms with Gasteiger partial charge in [0.05, 0.1) is 5.33 Å². The number of carbonyl (C=O) groups is 2. The molecule has 92 valence electrons. The molecular weight excluding hydrogens is 311 g/mol. The lowest BCUT2D eigenvalue weighted by atomic mass is 10.0. The Balaban J connectivity index is 2.94. The fourth-order valence-electron chi connectivity index (χ4n) is 1.31. The number of Topliss-reactive ketones (excluding diaryl/α,β-unsaturated/α-hetero) is 1. The summed E-state index contributed by atoms with van der Waals surface area (Å²) < 4.78 is 0. The summed E-state index contributed by atoms with van der Waals surface area (Å²) in [5.74, 6) is -1.37. The Morgan fingerprint density at radius 2 is 2.06 bits per heavy atom. The summed E-state index contributed by atoms with van der Waals surface area (Å²) in [4.78, 5) is 21.8. The van der Waals surface area contributed by atoms with Gasteiger partial charge in [-0.3, -0.25) is 4.79 Å². The number of ketones is 1. The van der Waals surface area contributed by atoms with Crippen LogP contribution in [0.2, 0.25) is 5.02 Å². The quantitative estimate of drug-likeness (QED) is 0.813. The van der Waals surface area contributed by atoms with Gasteiger partial charge in [0.2, 0.25) is 0 Å². The van der Waals surface area contributed by atoms with Crippen LogP contribution in [0, 0.1) is 0 Å². The smallest absolute Gasteiger partial charge is 0.337 e. The zero-order valence-electron chi connectivity index (χ0n) is 8.69. The number of hydrogen-bond donors (Lipinski definition) is 2. The van der Waals surface area contributed by atoms with E-state index in [-0.39, 0.29) is 28.1 Å². The van der Waals surface area contributed by atoms with E-state index >= 15 is 0 Å². The molecule has 1 atom stereocenters. The first-order chi connectivity index (χ1) is 7.95. The van der Waals surface area contributed by atoms with Crippen molar-refractivity contribution in [2.45, 2.75) is 12.5 Å². The molecule has 0 aliphatic carbocycles.